The lowest BCUT2D eigenvalue weighted by atomic mass is 10.1. The zero-order valence-electron chi connectivity index (χ0n) is 16.1. The van der Waals surface area contributed by atoms with E-state index in [-0.39, 0.29) is 18.2 Å². The average molecular weight is 383 g/mol. The Morgan fingerprint density at radius 1 is 1.11 bits per heavy atom. The summed E-state index contributed by atoms with van der Waals surface area (Å²) in [5, 5.41) is 5.85. The van der Waals surface area contributed by atoms with Crippen LogP contribution in [0, 0.1) is 5.92 Å². The summed E-state index contributed by atoms with van der Waals surface area (Å²) in [7, 11) is 1.66. The van der Waals surface area contributed by atoms with Crippen LogP contribution in [0.25, 0.3) is 11.3 Å². The number of nitrogens with one attached hydrogen (secondary N) is 1. The van der Waals surface area contributed by atoms with Crippen LogP contribution in [0.4, 0.5) is 5.95 Å². The van der Waals surface area contributed by atoms with Crippen LogP contribution in [-0.4, -0.2) is 61.1 Å². The van der Waals surface area contributed by atoms with Gasteiger partial charge >= 0.3 is 0 Å². The van der Waals surface area contributed by atoms with Crippen molar-refractivity contribution in [3.8, 4) is 17.0 Å². The number of quaternary nitrogens is 1. The number of ether oxygens (including phenoxy) is 3. The molecule has 7 heteroatoms. The molecular formula is C21H27N4O3+. The van der Waals surface area contributed by atoms with Crippen molar-refractivity contribution in [1.82, 2.24) is 9.97 Å². The van der Waals surface area contributed by atoms with Gasteiger partial charge in [0.15, 0.2) is 0 Å². The van der Waals surface area contributed by atoms with Gasteiger partial charge in [-0.1, -0.05) is 0 Å². The summed E-state index contributed by atoms with van der Waals surface area (Å²) >= 11 is 0. The highest BCUT2D eigenvalue weighted by molar-refractivity contribution is 5.61. The SMILES string of the molecule is COc1ccc(-c2ccnc(N[C@H]3CO[C@H]4[C@@H]3OC[C@@H]4[NH2+]CC3CC3)n2)cc1. The summed E-state index contributed by atoms with van der Waals surface area (Å²) in [5.74, 6) is 2.34. The molecule has 3 heterocycles. The van der Waals surface area contributed by atoms with Gasteiger partial charge in [-0.15, -0.1) is 0 Å². The van der Waals surface area contributed by atoms with E-state index in [0.717, 1.165) is 29.5 Å². The van der Waals surface area contributed by atoms with Gasteiger partial charge in [0, 0.05) is 17.7 Å². The van der Waals surface area contributed by atoms with E-state index in [0.29, 0.717) is 18.6 Å². The molecule has 4 atom stereocenters. The number of methoxy groups -OCH3 is 1. The molecule has 5 rings (SSSR count). The van der Waals surface area contributed by atoms with Crippen LogP contribution in [0.1, 0.15) is 12.8 Å². The van der Waals surface area contributed by atoms with E-state index in [9.17, 15) is 0 Å². The van der Waals surface area contributed by atoms with Crippen LogP contribution in [0.3, 0.4) is 0 Å². The molecule has 2 aliphatic heterocycles. The lowest BCUT2D eigenvalue weighted by molar-refractivity contribution is -0.695. The number of nitrogens with two attached hydrogens (primary N) is 1. The number of nitrogens with zero attached hydrogens (tertiary/aromatic N) is 2. The van der Waals surface area contributed by atoms with Gasteiger partial charge in [-0.2, -0.15) is 0 Å². The lowest BCUT2D eigenvalue weighted by Crippen LogP contribution is -2.93. The standard InChI is InChI=1S/C21H26N4O3/c1-26-15-6-4-14(5-7-15)16-8-9-22-21(24-16)25-18-12-28-19-17(11-27-20(18)19)23-10-13-2-3-13/h4-9,13,17-20,23H,2-3,10-12H2,1H3,(H,22,24,25)/p+1/t17-,18-,19+,20+/m0/s1. The lowest BCUT2D eigenvalue weighted by Gasteiger charge is -2.17. The maximum Gasteiger partial charge on any atom is 0.223 e. The first-order valence-electron chi connectivity index (χ1n) is 10.1. The zero-order valence-corrected chi connectivity index (χ0v) is 16.1. The second-order valence-corrected chi connectivity index (χ2v) is 7.92. The van der Waals surface area contributed by atoms with E-state index in [2.05, 4.69) is 20.6 Å². The van der Waals surface area contributed by atoms with Gasteiger partial charge in [-0.3, -0.25) is 0 Å². The third-order valence-corrected chi connectivity index (χ3v) is 5.92. The van der Waals surface area contributed by atoms with Crippen molar-refractivity contribution in [1.29, 1.82) is 0 Å². The van der Waals surface area contributed by atoms with E-state index >= 15 is 0 Å². The molecule has 0 unspecified atom stereocenters. The van der Waals surface area contributed by atoms with Crippen molar-refractivity contribution in [2.75, 3.05) is 32.2 Å². The predicted octanol–water partition coefficient (Wildman–Crippen LogP) is 1.07. The molecule has 7 nitrogen and oxygen atoms in total. The molecule has 148 valence electrons. The predicted molar refractivity (Wildman–Crippen MR) is 104 cm³/mol. The Morgan fingerprint density at radius 3 is 2.71 bits per heavy atom. The molecule has 3 fully saturated rings. The Hall–Kier alpha value is -2.22. The van der Waals surface area contributed by atoms with E-state index < -0.39 is 0 Å². The van der Waals surface area contributed by atoms with Crippen molar-refractivity contribution in [3.05, 3.63) is 36.5 Å². The Morgan fingerprint density at radius 2 is 1.93 bits per heavy atom. The Kier molecular flexibility index (Phi) is 4.88. The monoisotopic (exact) mass is 383 g/mol. The van der Waals surface area contributed by atoms with Gasteiger partial charge in [0.05, 0.1) is 32.0 Å². The summed E-state index contributed by atoms with van der Waals surface area (Å²) in [6.07, 6.45) is 4.76. The van der Waals surface area contributed by atoms with Crippen molar-refractivity contribution >= 4 is 5.95 Å². The van der Waals surface area contributed by atoms with E-state index in [1.165, 1.54) is 19.4 Å². The normalized spacial score (nSPS) is 28.9. The molecule has 2 saturated heterocycles. The summed E-state index contributed by atoms with van der Waals surface area (Å²) in [6, 6.07) is 10.3. The Balaban J connectivity index is 1.24. The largest absolute Gasteiger partial charge is 0.497 e. The van der Waals surface area contributed by atoms with Crippen LogP contribution < -0.4 is 15.4 Å². The zero-order chi connectivity index (χ0) is 18.9. The summed E-state index contributed by atoms with van der Waals surface area (Å²) in [5.41, 5.74) is 1.90. The van der Waals surface area contributed by atoms with Crippen molar-refractivity contribution in [2.45, 2.75) is 37.1 Å². The molecule has 1 aromatic carbocycles. The molecule has 0 radical (unpaired) electrons. The first-order chi connectivity index (χ1) is 13.8. The topological polar surface area (TPSA) is 82.1 Å². The molecule has 28 heavy (non-hydrogen) atoms. The van der Waals surface area contributed by atoms with Crippen LogP contribution in [-0.2, 0) is 9.47 Å². The quantitative estimate of drug-likeness (QED) is 0.744. The minimum Gasteiger partial charge on any atom is -0.497 e. The number of rotatable bonds is 7. The van der Waals surface area contributed by atoms with Gasteiger partial charge < -0.3 is 24.8 Å². The molecule has 0 spiro atoms. The third kappa shape index (κ3) is 3.70. The van der Waals surface area contributed by atoms with Gasteiger partial charge in [0.2, 0.25) is 5.95 Å². The van der Waals surface area contributed by atoms with Crippen LogP contribution in [0.5, 0.6) is 5.75 Å². The van der Waals surface area contributed by atoms with E-state index in [4.69, 9.17) is 14.2 Å². The third-order valence-electron chi connectivity index (χ3n) is 5.92. The second kappa shape index (κ2) is 7.66. The maximum atomic E-state index is 6.08. The van der Waals surface area contributed by atoms with Gasteiger partial charge in [0.25, 0.3) is 0 Å². The fourth-order valence-electron chi connectivity index (χ4n) is 4.09. The number of aromatic nitrogens is 2. The van der Waals surface area contributed by atoms with E-state index in [1.807, 2.05) is 30.3 Å². The van der Waals surface area contributed by atoms with Gasteiger partial charge in [0.1, 0.15) is 30.6 Å². The van der Waals surface area contributed by atoms with Crippen molar-refractivity contribution < 1.29 is 19.5 Å². The molecule has 0 bridgehead atoms. The Labute approximate surface area is 164 Å². The molecule has 3 N–H and O–H groups in total. The number of hydrogen-bond acceptors (Lipinski definition) is 6. The summed E-state index contributed by atoms with van der Waals surface area (Å²) in [6.45, 7) is 2.58. The highest BCUT2D eigenvalue weighted by atomic mass is 16.6. The van der Waals surface area contributed by atoms with Crippen molar-refractivity contribution in [2.24, 2.45) is 5.92 Å². The number of benzene rings is 1. The Bertz CT molecular complexity index is 812. The second-order valence-electron chi connectivity index (χ2n) is 7.92. The fraction of sp³-hybridized carbons (Fsp3) is 0.524. The summed E-state index contributed by atoms with van der Waals surface area (Å²) < 4.78 is 17.4. The number of fused-ring (bicyclic) bond motifs is 1. The molecule has 3 aliphatic rings. The molecule has 0 amide bonds. The minimum absolute atomic E-state index is 0.0636. The molecular weight excluding hydrogens is 356 g/mol. The first kappa shape index (κ1) is 17.8. The average Bonchev–Trinajstić information content (AvgIpc) is 3.36. The van der Waals surface area contributed by atoms with Crippen molar-refractivity contribution in [3.63, 3.8) is 0 Å². The number of anilines is 1. The highest BCUT2D eigenvalue weighted by Crippen LogP contribution is 2.29. The highest BCUT2D eigenvalue weighted by Gasteiger charge is 2.50. The van der Waals surface area contributed by atoms with Gasteiger partial charge in [-0.25, -0.2) is 9.97 Å². The minimum atomic E-state index is 0.0636. The molecule has 1 aliphatic carbocycles. The maximum absolute atomic E-state index is 6.08. The van der Waals surface area contributed by atoms with Gasteiger partial charge in [-0.05, 0) is 43.2 Å². The first-order valence-corrected chi connectivity index (χ1v) is 10.1. The van der Waals surface area contributed by atoms with Crippen LogP contribution in [0.15, 0.2) is 36.5 Å². The summed E-state index contributed by atoms with van der Waals surface area (Å²) in [4.78, 5) is 9.08. The fourth-order valence-corrected chi connectivity index (χ4v) is 4.09. The molecule has 1 saturated carbocycles. The molecule has 2 aromatic rings. The van der Waals surface area contributed by atoms with Crippen LogP contribution in [0.2, 0.25) is 0 Å². The van der Waals surface area contributed by atoms with Crippen LogP contribution >= 0.6 is 0 Å². The van der Waals surface area contributed by atoms with E-state index in [1.54, 1.807) is 13.3 Å². The molecule has 1 aromatic heterocycles. The number of hydrogen-bond donors (Lipinski definition) is 2. The smallest absolute Gasteiger partial charge is 0.223 e.